The first kappa shape index (κ1) is 40.6. The van der Waals surface area contributed by atoms with E-state index in [2.05, 4.69) is 260 Å². The standard InChI is InChI=1S/C57H48NP3/c1-7-28-49(29-8-1)59(50-30-9-2-10-31-50)55-40-22-19-25-46(55)43-58(44-47-26-20-23-41-56(47)60(51-32-11-3-12-33-51)52-34-13-4-14-35-52)45-48-27-21-24-42-57(48)61(53-36-15-5-16-37-53)54-38-17-6-18-39-54/h1-42H,43-45H2. The van der Waals surface area contributed by atoms with E-state index in [1.807, 2.05) is 0 Å². The average Bonchev–Trinajstić information content (AvgIpc) is 3.33. The van der Waals surface area contributed by atoms with E-state index in [0.717, 1.165) is 19.6 Å². The summed E-state index contributed by atoms with van der Waals surface area (Å²) in [6.45, 7) is 2.42. The topological polar surface area (TPSA) is 3.24 Å². The van der Waals surface area contributed by atoms with Crippen LogP contribution >= 0.6 is 23.8 Å². The predicted octanol–water partition coefficient (Wildman–Crippen LogP) is 10.2. The second kappa shape index (κ2) is 20.2. The molecule has 0 fully saturated rings. The Bertz CT molecular complexity index is 2310. The third-order valence-electron chi connectivity index (χ3n) is 11.0. The number of hydrogen-bond donors (Lipinski definition) is 0. The molecule has 0 atom stereocenters. The molecule has 0 aliphatic heterocycles. The first-order valence-corrected chi connectivity index (χ1v) is 25.0. The molecular weight excluding hydrogens is 792 g/mol. The Kier molecular flexibility index (Phi) is 13.4. The lowest BCUT2D eigenvalue weighted by molar-refractivity contribution is 0.249. The zero-order valence-electron chi connectivity index (χ0n) is 34.2. The molecule has 296 valence electrons. The summed E-state index contributed by atoms with van der Waals surface area (Å²) in [6, 6.07) is 94.4. The second-order valence-electron chi connectivity index (χ2n) is 15.1. The summed E-state index contributed by atoms with van der Waals surface area (Å²) in [5, 5.41) is 12.4. The molecule has 9 rings (SSSR count). The molecule has 0 aliphatic carbocycles. The van der Waals surface area contributed by atoms with Gasteiger partial charge >= 0.3 is 0 Å². The lowest BCUT2D eigenvalue weighted by Gasteiger charge is -2.30. The number of benzene rings is 9. The van der Waals surface area contributed by atoms with Crippen molar-refractivity contribution in [3.05, 3.63) is 271 Å². The first-order valence-electron chi connectivity index (χ1n) is 21.0. The SMILES string of the molecule is c1ccc(P(c2ccccc2)c2ccccc2CN(Cc2ccccc2P(c2ccccc2)c2ccccc2)Cc2ccccc2P(c2ccccc2)c2ccccc2)cc1. The Morgan fingerprint density at radius 2 is 0.393 bits per heavy atom. The van der Waals surface area contributed by atoms with Crippen LogP contribution in [-0.4, -0.2) is 4.90 Å². The Morgan fingerprint density at radius 1 is 0.213 bits per heavy atom. The molecular formula is C57H48NP3. The van der Waals surface area contributed by atoms with E-state index >= 15 is 0 Å². The molecule has 61 heavy (non-hydrogen) atoms. The van der Waals surface area contributed by atoms with Crippen molar-refractivity contribution in [1.29, 1.82) is 0 Å². The summed E-state index contributed by atoms with van der Waals surface area (Å²) in [4.78, 5) is 2.72. The molecule has 0 saturated carbocycles. The van der Waals surface area contributed by atoms with Gasteiger partial charge in [0.25, 0.3) is 0 Å². The van der Waals surface area contributed by atoms with Crippen LogP contribution in [-0.2, 0) is 19.6 Å². The molecule has 0 spiro atoms. The molecule has 9 aromatic rings. The minimum atomic E-state index is -0.790. The number of hydrogen-bond acceptors (Lipinski definition) is 1. The van der Waals surface area contributed by atoms with Gasteiger partial charge in [0.2, 0.25) is 0 Å². The Labute approximate surface area is 365 Å². The van der Waals surface area contributed by atoms with Crippen LogP contribution < -0.4 is 47.7 Å². The Hall–Kier alpha value is -5.77. The van der Waals surface area contributed by atoms with E-state index in [1.165, 1.54) is 64.4 Å². The molecule has 4 heteroatoms. The largest absolute Gasteiger partial charge is 0.291 e. The van der Waals surface area contributed by atoms with E-state index in [4.69, 9.17) is 0 Å². The summed E-state index contributed by atoms with van der Waals surface area (Å²) in [6.07, 6.45) is 0. The van der Waals surface area contributed by atoms with Crippen LogP contribution in [0.1, 0.15) is 16.7 Å². The van der Waals surface area contributed by atoms with Crippen LogP contribution in [0.15, 0.2) is 255 Å². The summed E-state index contributed by atoms with van der Waals surface area (Å²) >= 11 is 0. The summed E-state index contributed by atoms with van der Waals surface area (Å²) in [5.41, 5.74) is 4.12. The molecule has 9 aromatic carbocycles. The molecule has 0 saturated heterocycles. The van der Waals surface area contributed by atoms with Crippen molar-refractivity contribution >= 4 is 71.5 Å². The fraction of sp³-hybridized carbons (Fsp3) is 0.0526. The molecule has 0 unspecified atom stereocenters. The maximum atomic E-state index is 2.72. The highest BCUT2D eigenvalue weighted by molar-refractivity contribution is 7.80. The van der Waals surface area contributed by atoms with Gasteiger partial charge in [-0.3, -0.25) is 4.90 Å². The smallest absolute Gasteiger partial charge is 0.0247 e. The van der Waals surface area contributed by atoms with Crippen LogP contribution in [0, 0.1) is 0 Å². The lowest BCUT2D eigenvalue weighted by atomic mass is 10.1. The summed E-state index contributed by atoms with van der Waals surface area (Å²) < 4.78 is 0. The molecule has 0 aliphatic rings. The van der Waals surface area contributed by atoms with E-state index in [0.29, 0.717) is 0 Å². The molecule has 0 aromatic heterocycles. The van der Waals surface area contributed by atoms with Gasteiger partial charge in [0.05, 0.1) is 0 Å². The van der Waals surface area contributed by atoms with Gasteiger partial charge in [-0.05, 0) is 88.2 Å². The fourth-order valence-corrected chi connectivity index (χ4v) is 15.6. The number of nitrogens with zero attached hydrogens (tertiary/aromatic N) is 1. The van der Waals surface area contributed by atoms with Gasteiger partial charge < -0.3 is 0 Å². The third-order valence-corrected chi connectivity index (χ3v) is 18.6. The van der Waals surface area contributed by atoms with Crippen LogP contribution in [0.4, 0.5) is 0 Å². The van der Waals surface area contributed by atoms with Crippen molar-refractivity contribution in [3.8, 4) is 0 Å². The zero-order chi connectivity index (χ0) is 41.1. The molecule has 0 amide bonds. The number of rotatable bonds is 15. The van der Waals surface area contributed by atoms with E-state index in [9.17, 15) is 0 Å². The van der Waals surface area contributed by atoms with Gasteiger partial charge in [-0.1, -0.05) is 255 Å². The van der Waals surface area contributed by atoms with Crippen LogP contribution in [0.5, 0.6) is 0 Å². The van der Waals surface area contributed by atoms with Gasteiger partial charge in [-0.2, -0.15) is 0 Å². The van der Waals surface area contributed by atoms with Crippen molar-refractivity contribution in [3.63, 3.8) is 0 Å². The van der Waals surface area contributed by atoms with Crippen LogP contribution in [0.3, 0.4) is 0 Å². The van der Waals surface area contributed by atoms with Crippen LogP contribution in [0.25, 0.3) is 0 Å². The molecule has 0 radical (unpaired) electrons. The minimum Gasteiger partial charge on any atom is -0.291 e. The summed E-state index contributed by atoms with van der Waals surface area (Å²) in [5.74, 6) is 0. The predicted molar refractivity (Wildman–Crippen MR) is 268 cm³/mol. The van der Waals surface area contributed by atoms with Gasteiger partial charge in [0.15, 0.2) is 0 Å². The lowest BCUT2D eigenvalue weighted by Crippen LogP contribution is -2.32. The van der Waals surface area contributed by atoms with Crippen molar-refractivity contribution in [2.24, 2.45) is 0 Å². The second-order valence-corrected chi connectivity index (χ2v) is 21.6. The highest BCUT2D eigenvalue weighted by atomic mass is 31.1. The Morgan fingerprint density at radius 3 is 0.607 bits per heavy atom. The van der Waals surface area contributed by atoms with Gasteiger partial charge in [0.1, 0.15) is 0 Å². The molecule has 0 heterocycles. The highest BCUT2D eigenvalue weighted by Crippen LogP contribution is 2.38. The quantitative estimate of drug-likeness (QED) is 0.0930. The highest BCUT2D eigenvalue weighted by Gasteiger charge is 2.25. The van der Waals surface area contributed by atoms with Crippen molar-refractivity contribution in [1.82, 2.24) is 4.90 Å². The summed E-state index contributed by atoms with van der Waals surface area (Å²) in [7, 11) is -2.37. The van der Waals surface area contributed by atoms with E-state index in [-0.39, 0.29) is 0 Å². The monoisotopic (exact) mass is 839 g/mol. The molecule has 0 bridgehead atoms. The normalized spacial score (nSPS) is 11.4. The van der Waals surface area contributed by atoms with Crippen molar-refractivity contribution in [2.75, 3.05) is 0 Å². The van der Waals surface area contributed by atoms with Gasteiger partial charge in [-0.25, -0.2) is 0 Å². The molecule has 0 N–H and O–H groups in total. The maximum absolute atomic E-state index is 2.72. The average molecular weight is 840 g/mol. The minimum absolute atomic E-state index is 0.790. The van der Waals surface area contributed by atoms with Crippen LogP contribution in [0.2, 0.25) is 0 Å². The van der Waals surface area contributed by atoms with Crippen molar-refractivity contribution < 1.29 is 0 Å². The first-order chi connectivity index (χ1) is 30.3. The molecule has 1 nitrogen and oxygen atoms in total. The maximum Gasteiger partial charge on any atom is 0.0247 e. The van der Waals surface area contributed by atoms with E-state index in [1.54, 1.807) is 0 Å². The zero-order valence-corrected chi connectivity index (χ0v) is 36.8. The Balaban J connectivity index is 1.18. The van der Waals surface area contributed by atoms with Gasteiger partial charge in [-0.15, -0.1) is 0 Å². The van der Waals surface area contributed by atoms with Gasteiger partial charge in [0, 0.05) is 19.6 Å². The van der Waals surface area contributed by atoms with Crippen molar-refractivity contribution in [2.45, 2.75) is 19.6 Å². The fourth-order valence-electron chi connectivity index (χ4n) is 8.22. The van der Waals surface area contributed by atoms with E-state index < -0.39 is 23.8 Å². The third kappa shape index (κ3) is 9.74.